The number of halogens is 1. The molecule has 0 spiro atoms. The summed E-state index contributed by atoms with van der Waals surface area (Å²) >= 11 is 0. The lowest BCUT2D eigenvalue weighted by atomic mass is 10.2. The third-order valence-electron chi connectivity index (χ3n) is 2.63. The number of nitro benzene ring substituents is 1. The van der Waals surface area contributed by atoms with Gasteiger partial charge in [-0.15, -0.1) is 12.4 Å². The molecule has 2 aromatic rings. The van der Waals surface area contributed by atoms with E-state index in [-0.39, 0.29) is 18.1 Å². The van der Waals surface area contributed by atoms with Gasteiger partial charge in [0.15, 0.2) is 0 Å². The van der Waals surface area contributed by atoms with Gasteiger partial charge >= 0.3 is 0 Å². The SMILES string of the molecule is COc1ccc([N+](=O)[O-])cc1NCc1ccncc1.Cl. The zero-order valence-corrected chi connectivity index (χ0v) is 11.6. The third kappa shape index (κ3) is 3.83. The van der Waals surface area contributed by atoms with Crippen LogP contribution in [0, 0.1) is 10.1 Å². The minimum atomic E-state index is -0.433. The van der Waals surface area contributed by atoms with Crippen LogP contribution in [-0.4, -0.2) is 17.0 Å². The van der Waals surface area contributed by atoms with Gasteiger partial charge in [-0.3, -0.25) is 15.1 Å². The fourth-order valence-corrected chi connectivity index (χ4v) is 1.65. The van der Waals surface area contributed by atoms with Crippen LogP contribution in [0.3, 0.4) is 0 Å². The summed E-state index contributed by atoms with van der Waals surface area (Å²) in [5.74, 6) is 0.569. The molecule has 0 aliphatic rings. The lowest BCUT2D eigenvalue weighted by Gasteiger charge is -2.10. The molecule has 0 atom stereocenters. The van der Waals surface area contributed by atoms with Crippen molar-refractivity contribution in [3.8, 4) is 5.75 Å². The zero-order chi connectivity index (χ0) is 13.7. The summed E-state index contributed by atoms with van der Waals surface area (Å²) < 4.78 is 5.17. The maximum Gasteiger partial charge on any atom is 0.271 e. The molecule has 0 bridgehead atoms. The lowest BCUT2D eigenvalue weighted by Crippen LogP contribution is -2.02. The topological polar surface area (TPSA) is 77.3 Å². The number of methoxy groups -OCH3 is 1. The van der Waals surface area contributed by atoms with Gasteiger partial charge in [0, 0.05) is 31.1 Å². The van der Waals surface area contributed by atoms with Crippen molar-refractivity contribution in [3.63, 3.8) is 0 Å². The van der Waals surface area contributed by atoms with Gasteiger partial charge in [0.25, 0.3) is 5.69 Å². The standard InChI is InChI=1S/C13H13N3O3.ClH/c1-19-13-3-2-11(16(17)18)8-12(13)15-9-10-4-6-14-7-5-10;/h2-8,15H,9H2,1H3;1H. The van der Waals surface area contributed by atoms with Crippen molar-refractivity contribution < 1.29 is 9.66 Å². The van der Waals surface area contributed by atoms with Gasteiger partial charge in [-0.1, -0.05) is 0 Å². The van der Waals surface area contributed by atoms with E-state index in [9.17, 15) is 10.1 Å². The van der Waals surface area contributed by atoms with Gasteiger partial charge in [0.05, 0.1) is 17.7 Å². The Hall–Kier alpha value is -2.34. The molecule has 0 fully saturated rings. The van der Waals surface area contributed by atoms with Crippen LogP contribution in [0.2, 0.25) is 0 Å². The lowest BCUT2D eigenvalue weighted by molar-refractivity contribution is -0.384. The highest BCUT2D eigenvalue weighted by atomic mass is 35.5. The molecule has 6 nitrogen and oxygen atoms in total. The number of nitrogens with one attached hydrogen (secondary N) is 1. The molecule has 0 saturated heterocycles. The van der Waals surface area contributed by atoms with E-state index in [1.807, 2.05) is 12.1 Å². The molecule has 0 amide bonds. The Balaban J connectivity index is 0.00000200. The van der Waals surface area contributed by atoms with Crippen LogP contribution >= 0.6 is 12.4 Å². The number of aromatic nitrogens is 1. The maximum absolute atomic E-state index is 10.8. The first kappa shape index (κ1) is 15.7. The maximum atomic E-state index is 10.8. The van der Waals surface area contributed by atoms with Crippen molar-refractivity contribution >= 4 is 23.8 Å². The predicted molar refractivity (Wildman–Crippen MR) is 78.5 cm³/mol. The molecular formula is C13H14ClN3O3. The van der Waals surface area contributed by atoms with Gasteiger partial charge in [-0.05, 0) is 23.8 Å². The van der Waals surface area contributed by atoms with E-state index in [0.717, 1.165) is 5.56 Å². The number of anilines is 1. The highest BCUT2D eigenvalue weighted by Gasteiger charge is 2.10. The molecule has 0 radical (unpaired) electrons. The highest BCUT2D eigenvalue weighted by molar-refractivity contribution is 5.85. The van der Waals surface area contributed by atoms with Crippen LogP contribution in [0.5, 0.6) is 5.75 Å². The van der Waals surface area contributed by atoms with Crippen LogP contribution in [-0.2, 0) is 6.54 Å². The number of rotatable bonds is 5. The monoisotopic (exact) mass is 295 g/mol. The number of nitro groups is 1. The quantitative estimate of drug-likeness (QED) is 0.677. The van der Waals surface area contributed by atoms with Crippen molar-refractivity contribution in [2.24, 2.45) is 0 Å². The number of pyridine rings is 1. The Kier molecular flexibility index (Phi) is 5.74. The normalized spacial score (nSPS) is 9.45. The molecule has 7 heteroatoms. The van der Waals surface area contributed by atoms with Crippen molar-refractivity contribution in [2.45, 2.75) is 6.54 Å². The highest BCUT2D eigenvalue weighted by Crippen LogP contribution is 2.29. The molecule has 0 aliphatic heterocycles. The van der Waals surface area contributed by atoms with Crippen LogP contribution in [0.1, 0.15) is 5.56 Å². The smallest absolute Gasteiger partial charge is 0.271 e. The predicted octanol–water partition coefficient (Wildman–Crippen LogP) is 3.03. The number of benzene rings is 1. The molecule has 1 aromatic heterocycles. The molecule has 1 heterocycles. The molecule has 2 rings (SSSR count). The molecule has 1 aromatic carbocycles. The largest absolute Gasteiger partial charge is 0.495 e. The zero-order valence-electron chi connectivity index (χ0n) is 10.8. The van der Waals surface area contributed by atoms with Gasteiger partial charge in [0.2, 0.25) is 0 Å². The molecule has 0 saturated carbocycles. The first-order valence-corrected chi connectivity index (χ1v) is 5.66. The summed E-state index contributed by atoms with van der Waals surface area (Å²) in [7, 11) is 1.53. The Morgan fingerprint density at radius 1 is 1.30 bits per heavy atom. The van der Waals surface area contributed by atoms with Gasteiger partial charge in [-0.25, -0.2) is 0 Å². The molecule has 0 aliphatic carbocycles. The van der Waals surface area contributed by atoms with Gasteiger partial charge < -0.3 is 10.1 Å². The Labute approximate surface area is 122 Å². The second-order valence-corrected chi connectivity index (χ2v) is 3.85. The molecule has 106 valence electrons. The minimum absolute atomic E-state index is 0. The van der Waals surface area contributed by atoms with Crippen molar-refractivity contribution in [2.75, 3.05) is 12.4 Å². The summed E-state index contributed by atoms with van der Waals surface area (Å²) in [5, 5.41) is 13.9. The van der Waals surface area contributed by atoms with Gasteiger partial charge in [0.1, 0.15) is 5.75 Å². The summed E-state index contributed by atoms with van der Waals surface area (Å²) in [6, 6.07) is 8.19. The van der Waals surface area contributed by atoms with Gasteiger partial charge in [-0.2, -0.15) is 0 Å². The number of hydrogen-bond acceptors (Lipinski definition) is 5. The van der Waals surface area contributed by atoms with E-state index >= 15 is 0 Å². The Morgan fingerprint density at radius 2 is 2.00 bits per heavy atom. The minimum Gasteiger partial charge on any atom is -0.495 e. The van der Waals surface area contributed by atoms with Crippen LogP contribution in [0.15, 0.2) is 42.7 Å². The van der Waals surface area contributed by atoms with Crippen LogP contribution in [0.4, 0.5) is 11.4 Å². The van der Waals surface area contributed by atoms with Crippen LogP contribution in [0.25, 0.3) is 0 Å². The average Bonchev–Trinajstić information content (AvgIpc) is 2.45. The molecule has 1 N–H and O–H groups in total. The van der Waals surface area contributed by atoms with E-state index in [0.29, 0.717) is 18.0 Å². The third-order valence-corrected chi connectivity index (χ3v) is 2.63. The first-order chi connectivity index (χ1) is 9.20. The van der Waals surface area contributed by atoms with E-state index < -0.39 is 4.92 Å². The van der Waals surface area contributed by atoms with Crippen molar-refractivity contribution in [1.82, 2.24) is 4.98 Å². The second kappa shape index (κ2) is 7.30. The summed E-state index contributed by atoms with van der Waals surface area (Å²) in [6.07, 6.45) is 3.39. The number of ether oxygens (including phenoxy) is 1. The van der Waals surface area contributed by atoms with Crippen molar-refractivity contribution in [3.05, 3.63) is 58.4 Å². The fourth-order valence-electron chi connectivity index (χ4n) is 1.65. The first-order valence-electron chi connectivity index (χ1n) is 5.66. The Bertz CT molecular complexity index is 578. The van der Waals surface area contributed by atoms with E-state index in [1.54, 1.807) is 18.5 Å². The number of nitrogens with zero attached hydrogens (tertiary/aromatic N) is 2. The summed E-state index contributed by atoms with van der Waals surface area (Å²) in [6.45, 7) is 0.542. The van der Waals surface area contributed by atoms with E-state index in [4.69, 9.17) is 4.74 Å². The molecule has 0 unspecified atom stereocenters. The van der Waals surface area contributed by atoms with E-state index in [1.165, 1.54) is 19.2 Å². The molecular weight excluding hydrogens is 282 g/mol. The Morgan fingerprint density at radius 3 is 2.60 bits per heavy atom. The fraction of sp³-hybridized carbons (Fsp3) is 0.154. The summed E-state index contributed by atoms with van der Waals surface area (Å²) in [4.78, 5) is 14.3. The summed E-state index contributed by atoms with van der Waals surface area (Å²) in [5.41, 5.74) is 1.65. The van der Waals surface area contributed by atoms with Crippen LogP contribution < -0.4 is 10.1 Å². The van der Waals surface area contributed by atoms with Crippen molar-refractivity contribution in [1.29, 1.82) is 0 Å². The molecule has 20 heavy (non-hydrogen) atoms. The number of non-ortho nitro benzene ring substituents is 1. The average molecular weight is 296 g/mol. The van der Waals surface area contributed by atoms with E-state index in [2.05, 4.69) is 10.3 Å². The second-order valence-electron chi connectivity index (χ2n) is 3.85. The number of hydrogen-bond donors (Lipinski definition) is 1.